The summed E-state index contributed by atoms with van der Waals surface area (Å²) in [5.41, 5.74) is 7.75. The van der Waals surface area contributed by atoms with Crippen LogP contribution in [-0.2, 0) is 14.3 Å². The third-order valence-electron chi connectivity index (χ3n) is 5.65. The van der Waals surface area contributed by atoms with Crippen LogP contribution in [0.5, 0.6) is 0 Å². The van der Waals surface area contributed by atoms with Crippen molar-refractivity contribution < 1.29 is 14.3 Å². The zero-order valence-corrected chi connectivity index (χ0v) is 19.9. The van der Waals surface area contributed by atoms with E-state index in [0.29, 0.717) is 18.0 Å². The molecule has 0 saturated carbocycles. The van der Waals surface area contributed by atoms with Gasteiger partial charge in [-0.05, 0) is 42.1 Å². The quantitative estimate of drug-likeness (QED) is 0.432. The highest BCUT2D eigenvalue weighted by Gasteiger charge is 2.49. The number of likely N-dealkylation sites (tertiary alicyclic amines) is 1. The Balaban J connectivity index is 1.82. The Morgan fingerprint density at radius 1 is 1.27 bits per heavy atom. The van der Waals surface area contributed by atoms with E-state index in [0.717, 1.165) is 19.5 Å². The summed E-state index contributed by atoms with van der Waals surface area (Å²) in [5, 5.41) is 0. The standard InChI is InChI=1S/C22H25Br2N3O3/c1-30-20(28)19(16-5-3-2-4-6-16)22(24,21(25)29)14-27-12-9-17(18(23)13-27)15-7-10-26-11-8-15/h2-8,10-11,17-19H,9,12-14H2,1H3,(H2,25,29)/t17?,18-,19?,22+/m1/s1. The molecule has 1 fully saturated rings. The first-order chi connectivity index (χ1) is 14.4. The van der Waals surface area contributed by atoms with E-state index in [2.05, 4.69) is 41.7 Å². The first-order valence-electron chi connectivity index (χ1n) is 9.74. The average molecular weight is 539 g/mol. The van der Waals surface area contributed by atoms with Gasteiger partial charge in [0.1, 0.15) is 10.2 Å². The van der Waals surface area contributed by atoms with Gasteiger partial charge in [0.15, 0.2) is 0 Å². The van der Waals surface area contributed by atoms with Crippen molar-refractivity contribution in [1.29, 1.82) is 0 Å². The Morgan fingerprint density at radius 3 is 2.50 bits per heavy atom. The van der Waals surface area contributed by atoms with E-state index in [-0.39, 0.29) is 4.83 Å². The van der Waals surface area contributed by atoms with E-state index < -0.39 is 22.1 Å². The molecule has 160 valence electrons. The molecule has 30 heavy (non-hydrogen) atoms. The predicted octanol–water partition coefficient (Wildman–Crippen LogP) is 3.21. The minimum Gasteiger partial charge on any atom is -0.468 e. The second kappa shape index (κ2) is 10.0. The van der Waals surface area contributed by atoms with Gasteiger partial charge in [-0.25, -0.2) is 0 Å². The molecule has 2 unspecified atom stereocenters. The molecule has 3 rings (SSSR count). The average Bonchev–Trinajstić information content (AvgIpc) is 2.75. The van der Waals surface area contributed by atoms with Gasteiger partial charge in [-0.15, -0.1) is 0 Å². The molecule has 0 radical (unpaired) electrons. The maximum absolute atomic E-state index is 12.7. The lowest BCUT2D eigenvalue weighted by atomic mass is 9.83. The molecule has 1 aromatic carbocycles. The number of ether oxygens (including phenoxy) is 1. The molecule has 0 bridgehead atoms. The zero-order chi connectivity index (χ0) is 21.7. The van der Waals surface area contributed by atoms with Crippen LogP contribution in [0.1, 0.15) is 29.4 Å². The van der Waals surface area contributed by atoms with E-state index in [1.165, 1.54) is 12.7 Å². The molecule has 6 nitrogen and oxygen atoms in total. The van der Waals surface area contributed by atoms with Crippen LogP contribution in [0.25, 0.3) is 0 Å². The number of rotatable bonds is 7. The molecule has 0 spiro atoms. The van der Waals surface area contributed by atoms with Crippen LogP contribution in [0.2, 0.25) is 0 Å². The highest BCUT2D eigenvalue weighted by molar-refractivity contribution is 9.10. The second-order valence-corrected chi connectivity index (χ2v) is 10.1. The van der Waals surface area contributed by atoms with E-state index in [1.54, 1.807) is 12.4 Å². The van der Waals surface area contributed by atoms with Crippen LogP contribution in [0, 0.1) is 0 Å². The molecule has 8 heteroatoms. The minimum absolute atomic E-state index is 0.201. The maximum atomic E-state index is 12.7. The minimum atomic E-state index is -1.29. The summed E-state index contributed by atoms with van der Waals surface area (Å²) in [7, 11) is 1.32. The summed E-state index contributed by atoms with van der Waals surface area (Å²) in [5.74, 6) is -1.59. The van der Waals surface area contributed by atoms with Crippen molar-refractivity contribution in [2.75, 3.05) is 26.7 Å². The van der Waals surface area contributed by atoms with Gasteiger partial charge in [-0.3, -0.25) is 14.6 Å². The fraction of sp³-hybridized carbons (Fsp3) is 0.409. The Labute approximate surface area is 193 Å². The Morgan fingerprint density at radius 2 is 1.93 bits per heavy atom. The van der Waals surface area contributed by atoms with Gasteiger partial charge in [0, 0.05) is 30.3 Å². The maximum Gasteiger partial charge on any atom is 0.315 e. The Kier molecular flexibility index (Phi) is 7.65. The monoisotopic (exact) mass is 537 g/mol. The number of methoxy groups -OCH3 is 1. The van der Waals surface area contributed by atoms with Crippen LogP contribution in [-0.4, -0.2) is 57.7 Å². The predicted molar refractivity (Wildman–Crippen MR) is 123 cm³/mol. The molecule has 1 saturated heterocycles. The molecule has 1 amide bonds. The number of nitrogens with zero attached hydrogens (tertiary/aromatic N) is 2. The lowest BCUT2D eigenvalue weighted by molar-refractivity contribution is -0.145. The molecular formula is C22H25Br2N3O3. The van der Waals surface area contributed by atoms with Gasteiger partial charge in [0.05, 0.1) is 7.11 Å². The van der Waals surface area contributed by atoms with Gasteiger partial charge in [-0.1, -0.05) is 62.2 Å². The normalized spacial score (nSPS) is 22.6. The zero-order valence-electron chi connectivity index (χ0n) is 16.7. The van der Waals surface area contributed by atoms with E-state index in [9.17, 15) is 9.59 Å². The van der Waals surface area contributed by atoms with Gasteiger partial charge in [-0.2, -0.15) is 0 Å². The molecule has 1 aliphatic heterocycles. The Hall–Kier alpha value is -1.77. The molecule has 1 aliphatic rings. The summed E-state index contributed by atoms with van der Waals surface area (Å²) >= 11 is 7.39. The van der Waals surface area contributed by atoms with Crippen molar-refractivity contribution >= 4 is 43.7 Å². The fourth-order valence-corrected chi connectivity index (χ4v) is 5.87. The number of hydrogen-bond donors (Lipinski definition) is 1. The largest absolute Gasteiger partial charge is 0.468 e. The van der Waals surface area contributed by atoms with Crippen molar-refractivity contribution in [2.24, 2.45) is 5.73 Å². The molecule has 1 aromatic heterocycles. The number of alkyl halides is 2. The van der Waals surface area contributed by atoms with Crippen LogP contribution < -0.4 is 5.73 Å². The number of nitrogens with two attached hydrogens (primary N) is 1. The van der Waals surface area contributed by atoms with Crippen LogP contribution >= 0.6 is 31.9 Å². The van der Waals surface area contributed by atoms with Crippen molar-refractivity contribution in [3.8, 4) is 0 Å². The number of esters is 1. The first-order valence-corrected chi connectivity index (χ1v) is 11.5. The number of primary amides is 1. The topological polar surface area (TPSA) is 85.5 Å². The summed E-state index contributed by atoms with van der Waals surface area (Å²) in [6, 6.07) is 13.2. The van der Waals surface area contributed by atoms with Gasteiger partial charge in [0.2, 0.25) is 5.91 Å². The van der Waals surface area contributed by atoms with Crippen molar-refractivity contribution in [2.45, 2.75) is 27.4 Å². The summed E-state index contributed by atoms with van der Waals surface area (Å²) in [6.07, 6.45) is 4.52. The third-order valence-corrected chi connectivity index (χ3v) is 7.68. The first kappa shape index (κ1) is 22.9. The number of piperidine rings is 1. The van der Waals surface area contributed by atoms with Crippen LogP contribution in [0.15, 0.2) is 54.9 Å². The smallest absolute Gasteiger partial charge is 0.315 e. The van der Waals surface area contributed by atoms with Crippen molar-refractivity contribution in [1.82, 2.24) is 9.88 Å². The Bertz CT molecular complexity index is 868. The summed E-state index contributed by atoms with van der Waals surface area (Å²) in [4.78, 5) is 31.8. The number of carbonyl (C=O) groups excluding carboxylic acids is 2. The number of hydrogen-bond acceptors (Lipinski definition) is 5. The van der Waals surface area contributed by atoms with Crippen molar-refractivity contribution in [3.05, 3.63) is 66.0 Å². The number of carbonyl (C=O) groups is 2. The van der Waals surface area contributed by atoms with E-state index in [4.69, 9.17) is 10.5 Å². The molecule has 2 N–H and O–H groups in total. The van der Waals surface area contributed by atoms with E-state index in [1.807, 2.05) is 42.5 Å². The van der Waals surface area contributed by atoms with Crippen LogP contribution in [0.4, 0.5) is 0 Å². The fourth-order valence-electron chi connectivity index (χ4n) is 4.08. The van der Waals surface area contributed by atoms with Gasteiger partial charge in [0.25, 0.3) is 0 Å². The van der Waals surface area contributed by atoms with E-state index >= 15 is 0 Å². The number of pyridine rings is 1. The van der Waals surface area contributed by atoms with Crippen molar-refractivity contribution in [3.63, 3.8) is 0 Å². The second-order valence-electron chi connectivity index (χ2n) is 7.52. The molecule has 0 aliphatic carbocycles. The van der Waals surface area contributed by atoms with Gasteiger partial charge >= 0.3 is 5.97 Å². The summed E-state index contributed by atoms with van der Waals surface area (Å²) < 4.78 is 3.74. The lowest BCUT2D eigenvalue weighted by Gasteiger charge is -2.41. The highest BCUT2D eigenvalue weighted by atomic mass is 79.9. The molecule has 4 atom stereocenters. The lowest BCUT2D eigenvalue weighted by Crippen LogP contribution is -2.56. The van der Waals surface area contributed by atoms with Gasteiger partial charge < -0.3 is 15.4 Å². The molecular weight excluding hydrogens is 514 g/mol. The SMILES string of the molecule is COC(=O)C(c1ccccc1)[C@@](Br)(CN1CCC(c2ccncc2)[C@H](Br)C1)C(N)=O. The number of halogens is 2. The number of amides is 1. The third kappa shape index (κ3) is 4.92. The molecule has 2 aromatic rings. The number of aromatic nitrogens is 1. The highest BCUT2D eigenvalue weighted by Crippen LogP contribution is 2.40. The molecule has 2 heterocycles. The van der Waals surface area contributed by atoms with Crippen LogP contribution in [0.3, 0.4) is 0 Å². The summed E-state index contributed by atoms with van der Waals surface area (Å²) in [6.45, 7) is 1.79. The number of benzene rings is 1.